The average molecular weight is 686 g/mol. The lowest BCUT2D eigenvalue weighted by Crippen LogP contribution is -2.38. The van der Waals surface area contributed by atoms with E-state index in [-0.39, 0.29) is 22.5 Å². The van der Waals surface area contributed by atoms with Crippen molar-refractivity contribution in [2.45, 2.75) is 86.2 Å². The molecule has 48 heavy (non-hydrogen) atoms. The number of hydrogen-bond donors (Lipinski definition) is 2. The predicted molar refractivity (Wildman–Crippen MR) is 195 cm³/mol. The van der Waals surface area contributed by atoms with Gasteiger partial charge in [-0.15, -0.1) is 16.9 Å². The van der Waals surface area contributed by atoms with Gasteiger partial charge in [-0.1, -0.05) is 95.0 Å². The maximum absolute atomic E-state index is 13.7. The molecule has 8 nitrogen and oxygen atoms in total. The lowest BCUT2D eigenvalue weighted by Gasteiger charge is -2.15. The summed E-state index contributed by atoms with van der Waals surface area (Å²) in [6.07, 6.45) is 12.7. The minimum Gasteiger partial charge on any atom is -0.494 e. The number of nitrogens with one attached hydrogen (secondary N) is 1. The van der Waals surface area contributed by atoms with Crippen LogP contribution in [-0.2, 0) is 15.9 Å². The first-order valence-electron chi connectivity index (χ1n) is 16.8. The molecule has 2 N–H and O–H groups in total. The van der Waals surface area contributed by atoms with Gasteiger partial charge in [0.15, 0.2) is 22.2 Å². The molecule has 2 unspecified atom stereocenters. The number of hydrazone groups is 1. The quantitative estimate of drug-likeness (QED) is 0.0849. The van der Waals surface area contributed by atoms with Crippen molar-refractivity contribution in [1.82, 2.24) is 5.32 Å². The summed E-state index contributed by atoms with van der Waals surface area (Å²) in [6, 6.07) is 26.9. The molecular weight excluding hydrogens is 643 g/mol. The van der Waals surface area contributed by atoms with Crippen LogP contribution in [0.4, 0.5) is 5.69 Å². The number of anilines is 1. The summed E-state index contributed by atoms with van der Waals surface area (Å²) >= 11 is -0.860. The molecule has 0 spiro atoms. The number of amides is 2. The molecule has 0 aliphatic carbocycles. The van der Waals surface area contributed by atoms with Gasteiger partial charge in [-0.25, -0.2) is 4.21 Å². The summed E-state index contributed by atoms with van der Waals surface area (Å²) in [4.78, 5) is 28.2. The van der Waals surface area contributed by atoms with Crippen molar-refractivity contribution in [3.05, 3.63) is 96.6 Å². The van der Waals surface area contributed by atoms with Crippen LogP contribution in [0.1, 0.15) is 81.5 Å². The second-order valence-corrected chi connectivity index (χ2v) is 14.0. The highest BCUT2D eigenvalue weighted by Gasteiger charge is 2.39. The molecule has 0 saturated heterocycles. The third-order valence-corrected chi connectivity index (χ3v) is 10.1. The van der Waals surface area contributed by atoms with E-state index in [1.807, 2.05) is 60.7 Å². The number of carbonyl (C=O) groups excluding carboxylic acids is 2. The molecule has 252 valence electrons. The summed E-state index contributed by atoms with van der Waals surface area (Å²) in [5.41, 5.74) is 0.871. The Morgan fingerprint density at radius 2 is 1.50 bits per heavy atom. The van der Waals surface area contributed by atoms with Crippen molar-refractivity contribution in [3.8, 4) is 5.75 Å². The maximum Gasteiger partial charge on any atom is 0.268 e. The summed E-state index contributed by atoms with van der Waals surface area (Å²) in [5.74, 6) is 0.267. The highest BCUT2D eigenvalue weighted by molar-refractivity contribution is 8.01. The molecule has 4 aromatic carbocycles. The van der Waals surface area contributed by atoms with Gasteiger partial charge in [-0.05, 0) is 77.9 Å². The Kier molecular flexibility index (Phi) is 13.2. The zero-order chi connectivity index (χ0) is 33.7. The summed E-state index contributed by atoms with van der Waals surface area (Å²) in [7, 11) is 0. The van der Waals surface area contributed by atoms with Crippen LogP contribution in [0.3, 0.4) is 0 Å². The molecule has 1 aliphatic heterocycles. The number of hydrogen-bond acceptors (Lipinski definition) is 6. The fraction of sp³-hybridized carbons (Fsp3) is 0.342. The molecular formula is C38H43N3O5S2. The highest BCUT2D eigenvalue weighted by atomic mass is 32.2. The van der Waals surface area contributed by atoms with Crippen LogP contribution in [0.15, 0.2) is 106 Å². The third kappa shape index (κ3) is 9.78. The molecule has 1 aliphatic rings. The zero-order valence-corrected chi connectivity index (χ0v) is 28.9. The molecule has 2 amide bonds. The number of carbonyl (C=O) groups is 2. The van der Waals surface area contributed by atoms with Crippen LogP contribution < -0.4 is 15.1 Å². The van der Waals surface area contributed by atoms with Gasteiger partial charge in [-0.3, -0.25) is 9.59 Å². The number of fused-ring (bicyclic) bond motifs is 1. The van der Waals surface area contributed by atoms with E-state index in [9.17, 15) is 18.4 Å². The van der Waals surface area contributed by atoms with Gasteiger partial charge in [0.1, 0.15) is 5.75 Å². The highest BCUT2D eigenvalue weighted by Crippen LogP contribution is 2.33. The smallest absolute Gasteiger partial charge is 0.268 e. The Morgan fingerprint density at radius 1 is 0.854 bits per heavy atom. The van der Waals surface area contributed by atoms with Crippen LogP contribution in [0.25, 0.3) is 10.8 Å². The minimum atomic E-state index is -2.15. The van der Waals surface area contributed by atoms with E-state index in [0.717, 1.165) is 34.3 Å². The Bertz CT molecular complexity index is 1730. The summed E-state index contributed by atoms with van der Waals surface area (Å²) in [5, 5.41) is 9.75. The molecule has 5 rings (SSSR count). The lowest BCUT2D eigenvalue weighted by molar-refractivity contribution is -0.116. The van der Waals surface area contributed by atoms with Gasteiger partial charge < -0.3 is 14.6 Å². The van der Waals surface area contributed by atoms with Gasteiger partial charge in [0.25, 0.3) is 11.8 Å². The van der Waals surface area contributed by atoms with E-state index in [4.69, 9.17) is 4.74 Å². The standard InChI is InChI=1S/C38H43N3O5S2/c1-2-3-4-5-6-7-8-9-10-13-26-46-32-20-22-33(23-21-32)47-35-36(39-37(42)30-17-16-28-14-11-12-15-29(28)27-30)40-41(38(35)43)31-18-24-34(25-19-31)48(44)45/h11-12,14-25,27,35H,2-10,13,26H2,1H3,(H,44,45)(H,39,40,42). The molecule has 0 bridgehead atoms. The topological polar surface area (TPSA) is 108 Å². The lowest BCUT2D eigenvalue weighted by atomic mass is 10.1. The Morgan fingerprint density at radius 3 is 2.17 bits per heavy atom. The average Bonchev–Trinajstić information content (AvgIpc) is 3.41. The Labute approximate surface area is 289 Å². The molecule has 0 radical (unpaired) electrons. The van der Waals surface area contributed by atoms with E-state index < -0.39 is 16.3 Å². The normalized spacial score (nSPS) is 15.0. The van der Waals surface area contributed by atoms with Crippen LogP contribution in [0.2, 0.25) is 0 Å². The Hall–Kier alpha value is -3.99. The molecule has 2 atom stereocenters. The number of nitrogens with zero attached hydrogens (tertiary/aromatic N) is 2. The van der Waals surface area contributed by atoms with Gasteiger partial charge in [0.05, 0.1) is 17.2 Å². The first-order valence-corrected chi connectivity index (χ1v) is 18.7. The monoisotopic (exact) mass is 685 g/mol. The summed E-state index contributed by atoms with van der Waals surface area (Å²) < 4.78 is 26.8. The van der Waals surface area contributed by atoms with E-state index in [1.54, 1.807) is 18.2 Å². The Balaban J connectivity index is 1.20. The minimum absolute atomic E-state index is 0.208. The van der Waals surface area contributed by atoms with Gasteiger partial charge in [0, 0.05) is 10.5 Å². The molecule has 1 heterocycles. The zero-order valence-electron chi connectivity index (χ0n) is 27.3. The number of ether oxygens (including phenoxy) is 1. The van der Waals surface area contributed by atoms with Crippen molar-refractivity contribution in [2.24, 2.45) is 5.10 Å². The number of unbranched alkanes of at least 4 members (excludes halogenated alkanes) is 9. The van der Waals surface area contributed by atoms with E-state index in [1.165, 1.54) is 80.3 Å². The van der Waals surface area contributed by atoms with Crippen molar-refractivity contribution in [1.29, 1.82) is 0 Å². The molecule has 4 aromatic rings. The SMILES string of the molecule is CCCCCCCCCCCCOc1ccc(SC2C(=O)N(c3ccc(S(=O)O)cc3)N=C2NC(=O)c2ccc3ccccc3c2)cc1. The van der Waals surface area contributed by atoms with E-state index in [2.05, 4.69) is 17.3 Å². The first kappa shape index (κ1) is 35.3. The summed E-state index contributed by atoms with van der Waals surface area (Å²) in [6.45, 7) is 2.91. The van der Waals surface area contributed by atoms with Crippen molar-refractivity contribution >= 4 is 57.0 Å². The fourth-order valence-electron chi connectivity index (χ4n) is 5.57. The fourth-order valence-corrected chi connectivity index (χ4v) is 6.92. The largest absolute Gasteiger partial charge is 0.494 e. The molecule has 10 heteroatoms. The van der Waals surface area contributed by atoms with Crippen molar-refractivity contribution in [2.75, 3.05) is 11.6 Å². The van der Waals surface area contributed by atoms with Crippen molar-refractivity contribution < 1.29 is 23.1 Å². The second-order valence-electron chi connectivity index (χ2n) is 11.9. The second kappa shape index (κ2) is 18.0. The molecule has 0 fully saturated rings. The van der Waals surface area contributed by atoms with Crippen LogP contribution in [0, 0.1) is 0 Å². The molecule has 0 aromatic heterocycles. The van der Waals surface area contributed by atoms with E-state index in [0.29, 0.717) is 17.9 Å². The molecule has 0 saturated carbocycles. The number of benzene rings is 4. The number of thioether (sulfide) groups is 1. The third-order valence-electron chi connectivity index (χ3n) is 8.27. The van der Waals surface area contributed by atoms with Gasteiger partial charge in [-0.2, -0.15) is 5.01 Å². The van der Waals surface area contributed by atoms with Crippen molar-refractivity contribution in [3.63, 3.8) is 0 Å². The van der Waals surface area contributed by atoms with Crippen LogP contribution in [-0.4, -0.2) is 38.3 Å². The predicted octanol–water partition coefficient (Wildman–Crippen LogP) is 8.97. The number of amidine groups is 1. The number of rotatable bonds is 17. The van der Waals surface area contributed by atoms with E-state index >= 15 is 0 Å². The van der Waals surface area contributed by atoms with Crippen LogP contribution >= 0.6 is 11.8 Å². The maximum atomic E-state index is 13.7. The van der Waals surface area contributed by atoms with Crippen LogP contribution in [0.5, 0.6) is 5.75 Å². The first-order chi connectivity index (χ1) is 23.4. The van der Waals surface area contributed by atoms with Gasteiger partial charge >= 0.3 is 0 Å². The van der Waals surface area contributed by atoms with Gasteiger partial charge in [0.2, 0.25) is 0 Å².